The molecule has 1 heterocycles. The number of aliphatic hydroxyl groups excluding tert-OH is 1. The van der Waals surface area contributed by atoms with Crippen LogP contribution in [-0.4, -0.2) is 48.0 Å². The number of hydrogen-bond acceptors (Lipinski definition) is 4. The molecule has 1 saturated heterocycles. The Labute approximate surface area is 97.0 Å². The van der Waals surface area contributed by atoms with Gasteiger partial charge in [0.05, 0.1) is 6.61 Å². The van der Waals surface area contributed by atoms with Gasteiger partial charge in [-0.05, 0) is 19.4 Å². The maximum atomic E-state index is 8.88. The number of rotatable bonds is 6. The third-order valence-corrected chi connectivity index (χ3v) is 4.23. The average molecular weight is 233 g/mol. The van der Waals surface area contributed by atoms with Gasteiger partial charge in [-0.25, -0.2) is 0 Å². The molecule has 0 aromatic carbocycles. The van der Waals surface area contributed by atoms with Crippen LogP contribution in [0.1, 0.15) is 26.7 Å². The zero-order valence-electron chi connectivity index (χ0n) is 9.74. The van der Waals surface area contributed by atoms with Crippen LogP contribution in [0.15, 0.2) is 0 Å². The van der Waals surface area contributed by atoms with Crippen LogP contribution in [0, 0.1) is 0 Å². The lowest BCUT2D eigenvalue weighted by Crippen LogP contribution is -2.45. The van der Waals surface area contributed by atoms with Crippen molar-refractivity contribution >= 4 is 11.8 Å². The Morgan fingerprint density at radius 2 is 2.40 bits per heavy atom. The van der Waals surface area contributed by atoms with Gasteiger partial charge >= 0.3 is 0 Å². The van der Waals surface area contributed by atoms with Crippen LogP contribution >= 0.6 is 11.8 Å². The van der Waals surface area contributed by atoms with Gasteiger partial charge in [-0.2, -0.15) is 11.8 Å². The average Bonchev–Trinajstić information content (AvgIpc) is 2.21. The summed E-state index contributed by atoms with van der Waals surface area (Å²) < 4.78 is 5.51. The number of hydrogen-bond donors (Lipinski definition) is 2. The number of aliphatic hydroxyl groups is 1. The van der Waals surface area contributed by atoms with Gasteiger partial charge in [-0.1, -0.05) is 13.8 Å². The molecule has 0 aliphatic carbocycles. The Kier molecular flexibility index (Phi) is 6.64. The maximum Gasteiger partial charge on any atom is 0.0600 e. The molecule has 0 bridgehead atoms. The molecule has 1 fully saturated rings. The highest BCUT2D eigenvalue weighted by molar-refractivity contribution is 8.00. The van der Waals surface area contributed by atoms with Gasteiger partial charge in [0.1, 0.15) is 0 Å². The predicted molar refractivity (Wildman–Crippen MR) is 65.4 cm³/mol. The molecule has 0 aromatic heterocycles. The molecule has 0 saturated carbocycles. The Balaban J connectivity index is 2.34. The largest absolute Gasteiger partial charge is 0.396 e. The van der Waals surface area contributed by atoms with Gasteiger partial charge in [0.15, 0.2) is 0 Å². The maximum absolute atomic E-state index is 8.88. The summed E-state index contributed by atoms with van der Waals surface area (Å²) in [4.78, 5) is 0. The summed E-state index contributed by atoms with van der Waals surface area (Å²) in [6, 6.07) is 0.579. The minimum atomic E-state index is 0.285. The van der Waals surface area contributed by atoms with Crippen molar-refractivity contribution in [2.24, 2.45) is 0 Å². The van der Waals surface area contributed by atoms with Crippen LogP contribution in [0.2, 0.25) is 0 Å². The lowest BCUT2D eigenvalue weighted by Gasteiger charge is -2.33. The lowest BCUT2D eigenvalue weighted by atomic mass is 10.1. The fourth-order valence-corrected chi connectivity index (χ4v) is 3.32. The summed E-state index contributed by atoms with van der Waals surface area (Å²) >= 11 is 1.95. The normalized spacial score (nSPS) is 29.0. The molecule has 2 N–H and O–H groups in total. The van der Waals surface area contributed by atoms with Gasteiger partial charge in [0, 0.05) is 29.8 Å². The standard InChI is InChI=1S/C11H23NO2S/c1-3-12-10-5-7-14-8-11(10)15-9(2)4-6-13/h9-13H,3-8H2,1-2H3. The van der Waals surface area contributed by atoms with Crippen molar-refractivity contribution in [2.75, 3.05) is 26.4 Å². The molecular weight excluding hydrogens is 210 g/mol. The first-order valence-corrected chi connectivity index (χ1v) is 6.79. The van der Waals surface area contributed by atoms with Crippen LogP contribution in [0.25, 0.3) is 0 Å². The van der Waals surface area contributed by atoms with E-state index in [9.17, 15) is 0 Å². The molecule has 0 spiro atoms. The monoisotopic (exact) mass is 233 g/mol. The summed E-state index contributed by atoms with van der Waals surface area (Å²) in [5.74, 6) is 0. The second-order valence-electron chi connectivity index (χ2n) is 4.03. The van der Waals surface area contributed by atoms with E-state index < -0.39 is 0 Å². The van der Waals surface area contributed by atoms with Crippen molar-refractivity contribution in [3.8, 4) is 0 Å². The summed E-state index contributed by atoms with van der Waals surface area (Å²) in [5.41, 5.74) is 0. The highest BCUT2D eigenvalue weighted by Crippen LogP contribution is 2.26. The number of nitrogens with one attached hydrogen (secondary N) is 1. The van der Waals surface area contributed by atoms with Gasteiger partial charge < -0.3 is 15.2 Å². The van der Waals surface area contributed by atoms with Crippen LogP contribution in [-0.2, 0) is 4.74 Å². The van der Waals surface area contributed by atoms with E-state index in [0.717, 1.165) is 32.6 Å². The van der Waals surface area contributed by atoms with Gasteiger partial charge in [0.2, 0.25) is 0 Å². The van der Waals surface area contributed by atoms with Crippen molar-refractivity contribution in [3.05, 3.63) is 0 Å². The molecule has 1 aliphatic rings. The summed E-state index contributed by atoms with van der Waals surface area (Å²) in [5, 5.41) is 13.5. The SMILES string of the molecule is CCNC1CCOCC1SC(C)CCO. The van der Waals surface area contributed by atoms with Crippen LogP contribution in [0.4, 0.5) is 0 Å². The van der Waals surface area contributed by atoms with Crippen molar-refractivity contribution in [2.45, 2.75) is 43.2 Å². The topological polar surface area (TPSA) is 41.5 Å². The van der Waals surface area contributed by atoms with Crippen molar-refractivity contribution in [3.63, 3.8) is 0 Å². The summed E-state index contributed by atoms with van der Waals surface area (Å²) in [6.45, 7) is 7.36. The van der Waals surface area contributed by atoms with Crippen molar-refractivity contribution < 1.29 is 9.84 Å². The molecular formula is C11H23NO2S. The second-order valence-corrected chi connectivity index (χ2v) is 5.71. The molecule has 0 radical (unpaired) electrons. The molecule has 15 heavy (non-hydrogen) atoms. The van der Waals surface area contributed by atoms with E-state index in [2.05, 4.69) is 19.2 Å². The molecule has 1 rings (SSSR count). The minimum absolute atomic E-state index is 0.285. The number of ether oxygens (including phenoxy) is 1. The Morgan fingerprint density at radius 3 is 3.07 bits per heavy atom. The molecule has 1 aliphatic heterocycles. The predicted octanol–water partition coefficient (Wildman–Crippen LogP) is 1.26. The van der Waals surface area contributed by atoms with E-state index in [1.165, 1.54) is 0 Å². The molecule has 0 aromatic rings. The van der Waals surface area contributed by atoms with E-state index in [0.29, 0.717) is 16.5 Å². The highest BCUT2D eigenvalue weighted by atomic mass is 32.2. The van der Waals surface area contributed by atoms with Crippen LogP contribution in [0.5, 0.6) is 0 Å². The first-order valence-electron chi connectivity index (χ1n) is 5.85. The smallest absolute Gasteiger partial charge is 0.0600 e. The molecule has 90 valence electrons. The third kappa shape index (κ3) is 4.72. The molecule has 4 heteroatoms. The highest BCUT2D eigenvalue weighted by Gasteiger charge is 2.26. The van der Waals surface area contributed by atoms with E-state index in [4.69, 9.17) is 9.84 Å². The van der Waals surface area contributed by atoms with Crippen LogP contribution < -0.4 is 5.32 Å². The van der Waals surface area contributed by atoms with Crippen molar-refractivity contribution in [1.82, 2.24) is 5.32 Å². The third-order valence-electron chi connectivity index (χ3n) is 2.71. The van der Waals surface area contributed by atoms with Crippen LogP contribution in [0.3, 0.4) is 0 Å². The zero-order valence-corrected chi connectivity index (χ0v) is 10.6. The molecule has 0 amide bonds. The number of thioether (sulfide) groups is 1. The summed E-state index contributed by atoms with van der Waals surface area (Å²) in [7, 11) is 0. The fourth-order valence-electron chi connectivity index (χ4n) is 1.89. The van der Waals surface area contributed by atoms with Gasteiger partial charge in [0.25, 0.3) is 0 Å². The van der Waals surface area contributed by atoms with Gasteiger partial charge in [-0.15, -0.1) is 0 Å². The van der Waals surface area contributed by atoms with E-state index in [1.807, 2.05) is 11.8 Å². The van der Waals surface area contributed by atoms with Crippen molar-refractivity contribution in [1.29, 1.82) is 0 Å². The molecule has 3 unspecified atom stereocenters. The quantitative estimate of drug-likeness (QED) is 0.725. The summed E-state index contributed by atoms with van der Waals surface area (Å²) in [6.07, 6.45) is 1.98. The zero-order chi connectivity index (χ0) is 11.1. The molecule has 3 nitrogen and oxygen atoms in total. The Morgan fingerprint density at radius 1 is 1.60 bits per heavy atom. The lowest BCUT2D eigenvalue weighted by molar-refractivity contribution is 0.0835. The first kappa shape index (κ1) is 13.3. The van der Waals surface area contributed by atoms with E-state index in [1.54, 1.807) is 0 Å². The van der Waals surface area contributed by atoms with E-state index in [-0.39, 0.29) is 6.61 Å². The first-order chi connectivity index (χ1) is 7.27. The fraction of sp³-hybridized carbons (Fsp3) is 1.00. The molecule has 3 atom stereocenters. The van der Waals surface area contributed by atoms with Gasteiger partial charge in [-0.3, -0.25) is 0 Å². The van der Waals surface area contributed by atoms with E-state index >= 15 is 0 Å². The Bertz CT molecular complexity index is 167. The minimum Gasteiger partial charge on any atom is -0.396 e. The Hall–Kier alpha value is 0.230. The second kappa shape index (κ2) is 7.49.